The monoisotopic (exact) mass is 330 g/mol. The van der Waals surface area contributed by atoms with E-state index in [9.17, 15) is 4.79 Å². The zero-order valence-corrected chi connectivity index (χ0v) is 12.9. The molecule has 0 saturated carbocycles. The Balaban J connectivity index is 2.25. The van der Waals surface area contributed by atoms with E-state index in [4.69, 9.17) is 27.9 Å². The number of aromatic nitrogens is 1. The van der Waals surface area contributed by atoms with E-state index < -0.39 is 12.0 Å². The molecule has 0 aliphatic heterocycles. The highest BCUT2D eigenvalue weighted by atomic mass is 35.5. The maximum Gasteiger partial charge on any atom is 0.335 e. The van der Waals surface area contributed by atoms with Crippen LogP contribution in [0.4, 0.5) is 5.69 Å². The predicted molar refractivity (Wildman–Crippen MR) is 81.6 cm³/mol. The van der Waals surface area contributed by atoms with Gasteiger partial charge >= 0.3 is 5.97 Å². The molecule has 0 amide bonds. The summed E-state index contributed by atoms with van der Waals surface area (Å²) in [5.74, 6) is -0.404. The van der Waals surface area contributed by atoms with Gasteiger partial charge in [0.05, 0.1) is 12.8 Å². The second-order valence-corrected chi connectivity index (χ2v) is 5.97. The van der Waals surface area contributed by atoms with Gasteiger partial charge in [0, 0.05) is 10.7 Å². The number of hydrogen-bond acceptors (Lipinski definition) is 5. The molecule has 0 bridgehead atoms. The maximum absolute atomic E-state index is 12.0. The molecule has 0 fully saturated rings. The highest BCUT2D eigenvalue weighted by Gasteiger charge is 2.25. The second-order valence-electron chi connectivity index (χ2n) is 3.84. The molecule has 1 aromatic carbocycles. The van der Waals surface area contributed by atoms with Crippen molar-refractivity contribution in [3.8, 4) is 0 Å². The van der Waals surface area contributed by atoms with Gasteiger partial charge < -0.3 is 10.1 Å². The third kappa shape index (κ3) is 3.85. The number of benzene rings is 1. The smallest absolute Gasteiger partial charge is 0.335 e. The molecule has 106 valence electrons. The molecule has 1 aromatic heterocycles. The fourth-order valence-electron chi connectivity index (χ4n) is 1.59. The van der Waals surface area contributed by atoms with E-state index >= 15 is 0 Å². The Bertz CT molecular complexity index is 604. The highest BCUT2D eigenvalue weighted by Crippen LogP contribution is 2.28. The molecule has 1 unspecified atom stereocenters. The Morgan fingerprint density at radius 2 is 2.30 bits per heavy atom. The first-order valence-corrected chi connectivity index (χ1v) is 7.47. The summed E-state index contributed by atoms with van der Waals surface area (Å²) in [7, 11) is 0. The predicted octanol–water partition coefficient (Wildman–Crippen LogP) is 4.17. The Hall–Kier alpha value is -1.30. The topological polar surface area (TPSA) is 51.2 Å². The minimum absolute atomic E-state index is 0.297. The van der Waals surface area contributed by atoms with Crippen LogP contribution in [0.5, 0.6) is 0 Å². The molecule has 0 aliphatic carbocycles. The number of thiazole rings is 1. The summed E-state index contributed by atoms with van der Waals surface area (Å²) in [6, 6.07) is 6.38. The van der Waals surface area contributed by atoms with E-state index in [-0.39, 0.29) is 0 Å². The Kier molecular flexibility index (Phi) is 5.23. The van der Waals surface area contributed by atoms with Crippen molar-refractivity contribution in [2.75, 3.05) is 11.9 Å². The van der Waals surface area contributed by atoms with Crippen molar-refractivity contribution < 1.29 is 9.53 Å². The largest absolute Gasteiger partial charge is 0.464 e. The fraction of sp³-hybridized carbons (Fsp3) is 0.231. The minimum atomic E-state index is -0.703. The van der Waals surface area contributed by atoms with Gasteiger partial charge in [-0.25, -0.2) is 9.78 Å². The van der Waals surface area contributed by atoms with E-state index in [2.05, 4.69) is 10.3 Å². The number of carbonyl (C=O) groups excluding carboxylic acids is 1. The molecule has 2 aromatic rings. The van der Waals surface area contributed by atoms with Crippen molar-refractivity contribution in [2.45, 2.75) is 13.0 Å². The Morgan fingerprint density at radius 3 is 2.90 bits per heavy atom. The molecule has 1 atom stereocenters. The van der Waals surface area contributed by atoms with Crippen LogP contribution in [-0.2, 0) is 9.53 Å². The van der Waals surface area contributed by atoms with Gasteiger partial charge in [-0.05, 0) is 25.1 Å². The molecule has 7 heteroatoms. The summed E-state index contributed by atoms with van der Waals surface area (Å²) < 4.78 is 5.58. The molecule has 0 radical (unpaired) electrons. The highest BCUT2D eigenvalue weighted by molar-refractivity contribution is 7.16. The summed E-state index contributed by atoms with van der Waals surface area (Å²) >= 11 is 13.0. The molecular weight excluding hydrogens is 319 g/mol. The summed E-state index contributed by atoms with van der Waals surface area (Å²) in [6.45, 7) is 2.05. The zero-order chi connectivity index (χ0) is 14.5. The molecular formula is C13H12Cl2N2O2S. The van der Waals surface area contributed by atoms with Crippen molar-refractivity contribution in [1.29, 1.82) is 0 Å². The van der Waals surface area contributed by atoms with E-state index in [0.717, 1.165) is 0 Å². The normalized spacial score (nSPS) is 11.9. The lowest BCUT2D eigenvalue weighted by Crippen LogP contribution is -2.23. The standard InChI is InChI=1S/C13H12Cl2N2O2S/c1-2-19-13(18)11(12-16-7-10(15)20-12)17-9-5-3-4-8(14)6-9/h3-7,11,17H,2H2,1H3. The van der Waals surface area contributed by atoms with Crippen LogP contribution < -0.4 is 5.32 Å². The Morgan fingerprint density at radius 1 is 1.50 bits per heavy atom. The quantitative estimate of drug-likeness (QED) is 0.836. The number of nitrogens with zero attached hydrogens (tertiary/aromatic N) is 1. The van der Waals surface area contributed by atoms with E-state index in [1.54, 1.807) is 25.1 Å². The van der Waals surface area contributed by atoms with Crippen LogP contribution in [0.3, 0.4) is 0 Å². The summed E-state index contributed by atoms with van der Waals surface area (Å²) in [6.07, 6.45) is 1.51. The number of rotatable bonds is 5. The number of ether oxygens (including phenoxy) is 1. The van der Waals surface area contributed by atoms with Crippen LogP contribution in [0.1, 0.15) is 18.0 Å². The van der Waals surface area contributed by atoms with E-state index in [0.29, 0.717) is 26.7 Å². The molecule has 0 saturated heterocycles. The van der Waals surface area contributed by atoms with Crippen molar-refractivity contribution in [3.63, 3.8) is 0 Å². The van der Waals surface area contributed by atoms with Crippen LogP contribution in [0.15, 0.2) is 30.5 Å². The lowest BCUT2D eigenvalue weighted by Gasteiger charge is -2.16. The number of esters is 1. The van der Waals surface area contributed by atoms with Crippen LogP contribution >= 0.6 is 34.5 Å². The van der Waals surface area contributed by atoms with Crippen molar-refractivity contribution in [1.82, 2.24) is 4.98 Å². The molecule has 20 heavy (non-hydrogen) atoms. The average molecular weight is 331 g/mol. The first-order chi connectivity index (χ1) is 9.60. The minimum Gasteiger partial charge on any atom is -0.464 e. The van der Waals surface area contributed by atoms with Gasteiger partial charge in [0.15, 0.2) is 6.04 Å². The number of nitrogens with one attached hydrogen (secondary N) is 1. The molecule has 1 heterocycles. The average Bonchev–Trinajstić information content (AvgIpc) is 2.83. The maximum atomic E-state index is 12.0. The SMILES string of the molecule is CCOC(=O)C(Nc1cccc(Cl)c1)c1ncc(Cl)s1. The molecule has 4 nitrogen and oxygen atoms in total. The van der Waals surface area contributed by atoms with Crippen LogP contribution in [0.2, 0.25) is 9.36 Å². The lowest BCUT2D eigenvalue weighted by molar-refractivity contribution is -0.144. The van der Waals surface area contributed by atoms with E-state index in [1.165, 1.54) is 17.5 Å². The van der Waals surface area contributed by atoms with Gasteiger partial charge in [0.25, 0.3) is 0 Å². The first-order valence-electron chi connectivity index (χ1n) is 5.90. The lowest BCUT2D eigenvalue weighted by atomic mass is 10.2. The van der Waals surface area contributed by atoms with E-state index in [1.807, 2.05) is 6.07 Å². The fourth-order valence-corrected chi connectivity index (χ4v) is 2.75. The van der Waals surface area contributed by atoms with Gasteiger partial charge in [-0.3, -0.25) is 0 Å². The number of hydrogen-bond donors (Lipinski definition) is 1. The first kappa shape index (κ1) is 15.1. The zero-order valence-electron chi connectivity index (χ0n) is 10.6. The molecule has 0 spiro atoms. The summed E-state index contributed by atoms with van der Waals surface area (Å²) in [4.78, 5) is 16.2. The summed E-state index contributed by atoms with van der Waals surface area (Å²) in [5.41, 5.74) is 0.710. The van der Waals surface area contributed by atoms with Gasteiger partial charge in [-0.1, -0.05) is 29.3 Å². The molecule has 0 aliphatic rings. The van der Waals surface area contributed by atoms with Crippen LogP contribution in [0.25, 0.3) is 0 Å². The second kappa shape index (κ2) is 6.92. The number of carbonyl (C=O) groups is 1. The third-order valence-electron chi connectivity index (χ3n) is 2.40. The molecule has 1 N–H and O–H groups in total. The summed E-state index contributed by atoms with van der Waals surface area (Å²) in [5, 5.41) is 4.19. The third-order valence-corrected chi connectivity index (χ3v) is 3.82. The van der Waals surface area contributed by atoms with Gasteiger partial charge in [-0.2, -0.15) is 0 Å². The van der Waals surface area contributed by atoms with Crippen LogP contribution in [-0.4, -0.2) is 17.6 Å². The molecule has 2 rings (SSSR count). The van der Waals surface area contributed by atoms with Crippen molar-refractivity contribution in [2.24, 2.45) is 0 Å². The number of halogens is 2. The van der Waals surface area contributed by atoms with Crippen molar-refractivity contribution in [3.05, 3.63) is 44.8 Å². The number of anilines is 1. The van der Waals surface area contributed by atoms with Gasteiger partial charge in [-0.15, -0.1) is 11.3 Å². The van der Waals surface area contributed by atoms with Gasteiger partial charge in [0.2, 0.25) is 0 Å². The van der Waals surface area contributed by atoms with Gasteiger partial charge in [0.1, 0.15) is 9.34 Å². The van der Waals surface area contributed by atoms with Crippen LogP contribution in [0, 0.1) is 0 Å². The van der Waals surface area contributed by atoms with Crippen molar-refractivity contribution >= 4 is 46.2 Å². The Labute approximate surface area is 130 Å².